The van der Waals surface area contributed by atoms with Gasteiger partial charge >= 0.3 is 0 Å². The van der Waals surface area contributed by atoms with Gasteiger partial charge in [0.25, 0.3) is 5.91 Å². The highest BCUT2D eigenvalue weighted by atomic mass is 35.5. The largest absolute Gasteiger partial charge is 0.487 e. The second-order valence-electron chi connectivity index (χ2n) is 3.36. The number of nitrogens with zero attached hydrogens (tertiary/aromatic N) is 1. The molecule has 0 spiro atoms. The fraction of sp³-hybridized carbons (Fsp3) is 0.0909. The van der Waals surface area contributed by atoms with Crippen molar-refractivity contribution in [2.75, 3.05) is 0 Å². The van der Waals surface area contributed by atoms with Crippen molar-refractivity contribution in [2.24, 2.45) is 5.84 Å². The summed E-state index contributed by atoms with van der Waals surface area (Å²) in [5.41, 5.74) is 2.69. The predicted molar refractivity (Wildman–Crippen MR) is 69.6 cm³/mol. The lowest BCUT2D eigenvalue weighted by Gasteiger charge is -2.03. The molecular formula is C11H10ClN3O2S. The maximum Gasteiger partial charge on any atom is 0.294 e. The zero-order valence-electron chi connectivity index (χ0n) is 9.22. The number of nitrogen functional groups attached to an aromatic ring is 1. The van der Waals surface area contributed by atoms with Crippen LogP contribution in [0.3, 0.4) is 0 Å². The maximum atomic E-state index is 11.2. The van der Waals surface area contributed by atoms with E-state index >= 15 is 0 Å². The van der Waals surface area contributed by atoms with Crippen LogP contribution < -0.4 is 16.0 Å². The van der Waals surface area contributed by atoms with Gasteiger partial charge in [0.1, 0.15) is 12.4 Å². The molecule has 0 aliphatic carbocycles. The fourth-order valence-electron chi connectivity index (χ4n) is 1.25. The highest BCUT2D eigenvalue weighted by molar-refractivity contribution is 7.11. The third-order valence-corrected chi connectivity index (χ3v) is 3.18. The molecule has 18 heavy (non-hydrogen) atoms. The van der Waals surface area contributed by atoms with E-state index in [0.29, 0.717) is 21.5 Å². The van der Waals surface area contributed by atoms with Gasteiger partial charge in [-0.1, -0.05) is 17.7 Å². The maximum absolute atomic E-state index is 11.2. The minimum Gasteiger partial charge on any atom is -0.487 e. The third-order valence-electron chi connectivity index (χ3n) is 2.06. The molecule has 1 aromatic heterocycles. The number of rotatable bonds is 4. The van der Waals surface area contributed by atoms with Crippen molar-refractivity contribution in [2.45, 2.75) is 6.61 Å². The molecular weight excluding hydrogens is 274 g/mol. The van der Waals surface area contributed by atoms with E-state index in [1.54, 1.807) is 29.6 Å². The molecule has 1 aromatic carbocycles. The summed E-state index contributed by atoms with van der Waals surface area (Å²) < 4.78 is 5.50. The number of halogens is 1. The molecule has 1 heterocycles. The molecule has 0 saturated carbocycles. The van der Waals surface area contributed by atoms with Gasteiger partial charge in [-0.05, 0) is 18.2 Å². The Bertz CT molecular complexity index is 559. The molecule has 94 valence electrons. The van der Waals surface area contributed by atoms with Crippen molar-refractivity contribution >= 4 is 28.8 Å². The molecule has 0 unspecified atom stereocenters. The minimum absolute atomic E-state index is 0.273. The zero-order chi connectivity index (χ0) is 13.0. The summed E-state index contributed by atoms with van der Waals surface area (Å²) in [4.78, 5) is 15.3. The summed E-state index contributed by atoms with van der Waals surface area (Å²) in [6.45, 7) is 0.273. The van der Waals surface area contributed by atoms with E-state index in [1.807, 2.05) is 5.43 Å². The van der Waals surface area contributed by atoms with Gasteiger partial charge in [0, 0.05) is 10.4 Å². The van der Waals surface area contributed by atoms with E-state index < -0.39 is 5.91 Å². The number of nitrogens with one attached hydrogen (secondary N) is 1. The van der Waals surface area contributed by atoms with Gasteiger partial charge in [0.15, 0.2) is 5.01 Å². The molecule has 0 atom stereocenters. The van der Waals surface area contributed by atoms with E-state index in [9.17, 15) is 4.79 Å². The van der Waals surface area contributed by atoms with Gasteiger partial charge in [0.2, 0.25) is 0 Å². The van der Waals surface area contributed by atoms with Crippen LogP contribution in [0.15, 0.2) is 29.6 Å². The lowest BCUT2D eigenvalue weighted by molar-refractivity contribution is 0.0953. The molecule has 2 aromatic rings. The molecule has 2 rings (SSSR count). The molecule has 3 N–H and O–H groups in total. The monoisotopic (exact) mass is 283 g/mol. The lowest BCUT2D eigenvalue weighted by Crippen LogP contribution is -2.29. The number of ether oxygens (including phenoxy) is 1. The van der Waals surface area contributed by atoms with Crippen LogP contribution in [0.2, 0.25) is 5.02 Å². The van der Waals surface area contributed by atoms with Crippen molar-refractivity contribution in [3.63, 3.8) is 0 Å². The smallest absolute Gasteiger partial charge is 0.294 e. The Labute approximate surface area is 113 Å². The molecule has 0 aliphatic heterocycles. The van der Waals surface area contributed by atoms with Gasteiger partial charge in [-0.3, -0.25) is 10.2 Å². The van der Waals surface area contributed by atoms with Crippen molar-refractivity contribution in [1.82, 2.24) is 10.4 Å². The lowest BCUT2D eigenvalue weighted by atomic mass is 10.3. The number of amides is 1. The number of hydrogen-bond acceptors (Lipinski definition) is 5. The molecule has 0 aliphatic rings. The molecule has 0 radical (unpaired) electrons. The normalized spacial score (nSPS) is 10.1. The molecule has 0 saturated heterocycles. The highest BCUT2D eigenvalue weighted by Gasteiger charge is 2.09. The van der Waals surface area contributed by atoms with E-state index in [-0.39, 0.29) is 6.61 Å². The van der Waals surface area contributed by atoms with Crippen LogP contribution in [0, 0.1) is 0 Å². The standard InChI is InChI=1S/C11H10ClN3O2S/c12-7-2-1-3-9(4-7)17-5-8-6-18-11(14-8)10(16)15-13/h1-4,6H,5,13H2,(H,15,16). The van der Waals surface area contributed by atoms with Crippen molar-refractivity contribution in [3.8, 4) is 5.75 Å². The minimum atomic E-state index is -0.408. The summed E-state index contributed by atoms with van der Waals surface area (Å²) >= 11 is 7.04. The van der Waals surface area contributed by atoms with Crippen molar-refractivity contribution in [1.29, 1.82) is 0 Å². The number of carbonyl (C=O) groups excluding carboxylic acids is 1. The quantitative estimate of drug-likeness (QED) is 0.511. The third kappa shape index (κ3) is 3.19. The first kappa shape index (κ1) is 12.8. The average molecular weight is 284 g/mol. The molecule has 7 heteroatoms. The number of benzene rings is 1. The van der Waals surface area contributed by atoms with Gasteiger partial charge in [-0.2, -0.15) is 0 Å². The van der Waals surface area contributed by atoms with Gasteiger partial charge < -0.3 is 4.74 Å². The van der Waals surface area contributed by atoms with Crippen LogP contribution in [0.1, 0.15) is 15.5 Å². The molecule has 0 bridgehead atoms. The van der Waals surface area contributed by atoms with E-state index in [0.717, 1.165) is 0 Å². The average Bonchev–Trinajstić information content (AvgIpc) is 2.84. The Balaban J connectivity index is 1.98. The van der Waals surface area contributed by atoms with E-state index in [1.165, 1.54) is 11.3 Å². The number of thiazole rings is 1. The Hall–Kier alpha value is -1.63. The first-order valence-electron chi connectivity index (χ1n) is 5.03. The summed E-state index contributed by atoms with van der Waals surface area (Å²) in [6, 6.07) is 7.07. The van der Waals surface area contributed by atoms with E-state index in [2.05, 4.69) is 4.98 Å². The van der Waals surface area contributed by atoms with Gasteiger partial charge in [-0.25, -0.2) is 10.8 Å². The van der Waals surface area contributed by atoms with Crippen LogP contribution in [-0.2, 0) is 6.61 Å². The topological polar surface area (TPSA) is 77.2 Å². The van der Waals surface area contributed by atoms with Gasteiger partial charge in [-0.15, -0.1) is 11.3 Å². The van der Waals surface area contributed by atoms with Crippen LogP contribution in [0.5, 0.6) is 5.75 Å². The predicted octanol–water partition coefficient (Wildman–Crippen LogP) is 1.98. The first-order chi connectivity index (χ1) is 8.69. The number of aromatic nitrogens is 1. The first-order valence-corrected chi connectivity index (χ1v) is 6.28. The molecule has 5 nitrogen and oxygen atoms in total. The summed E-state index contributed by atoms with van der Waals surface area (Å²) in [7, 11) is 0. The van der Waals surface area contributed by atoms with Crippen molar-refractivity contribution < 1.29 is 9.53 Å². The second-order valence-corrected chi connectivity index (χ2v) is 4.66. The van der Waals surface area contributed by atoms with Crippen LogP contribution in [0.25, 0.3) is 0 Å². The van der Waals surface area contributed by atoms with Crippen LogP contribution >= 0.6 is 22.9 Å². The highest BCUT2D eigenvalue weighted by Crippen LogP contribution is 2.19. The summed E-state index contributed by atoms with van der Waals surface area (Å²) in [5.74, 6) is 5.26. The molecule has 0 fully saturated rings. The number of hydrazine groups is 1. The van der Waals surface area contributed by atoms with Crippen LogP contribution in [0.4, 0.5) is 0 Å². The zero-order valence-corrected chi connectivity index (χ0v) is 10.8. The Morgan fingerprint density at radius 2 is 2.39 bits per heavy atom. The Kier molecular flexibility index (Phi) is 4.14. The number of carbonyl (C=O) groups is 1. The fourth-order valence-corrected chi connectivity index (χ4v) is 2.14. The number of nitrogens with two attached hydrogens (primary N) is 1. The van der Waals surface area contributed by atoms with E-state index in [4.69, 9.17) is 22.2 Å². The Morgan fingerprint density at radius 3 is 3.11 bits per heavy atom. The number of hydrogen-bond donors (Lipinski definition) is 2. The SMILES string of the molecule is NNC(=O)c1nc(COc2cccc(Cl)c2)cs1. The van der Waals surface area contributed by atoms with Crippen LogP contribution in [-0.4, -0.2) is 10.9 Å². The molecule has 1 amide bonds. The summed E-state index contributed by atoms with van der Waals surface area (Å²) in [6.07, 6.45) is 0. The Morgan fingerprint density at radius 1 is 1.56 bits per heavy atom. The summed E-state index contributed by atoms with van der Waals surface area (Å²) in [5, 5.41) is 2.66. The van der Waals surface area contributed by atoms with Crippen molar-refractivity contribution in [3.05, 3.63) is 45.4 Å². The van der Waals surface area contributed by atoms with Gasteiger partial charge in [0.05, 0.1) is 5.69 Å². The second kappa shape index (κ2) is 5.81.